The van der Waals surface area contributed by atoms with Crippen LogP contribution in [-0.2, 0) is 4.84 Å². The fraction of sp³-hybridized carbons (Fsp3) is 0.389. The molecule has 4 rings (SSSR count). The number of hydrogen-bond acceptors (Lipinski definition) is 5. The van der Waals surface area contributed by atoms with Crippen LogP contribution in [0.3, 0.4) is 0 Å². The van der Waals surface area contributed by atoms with Gasteiger partial charge < -0.3 is 10.0 Å². The highest BCUT2D eigenvalue weighted by molar-refractivity contribution is 6.41. The van der Waals surface area contributed by atoms with Crippen LogP contribution in [0, 0.1) is 5.92 Å². The Kier molecular flexibility index (Phi) is 4.84. The number of halogens is 2. The van der Waals surface area contributed by atoms with Crippen molar-refractivity contribution in [3.63, 3.8) is 0 Å². The molecule has 5 nitrogen and oxygen atoms in total. The summed E-state index contributed by atoms with van der Waals surface area (Å²) in [7, 11) is 0. The van der Waals surface area contributed by atoms with E-state index in [9.17, 15) is 5.11 Å². The summed E-state index contributed by atoms with van der Waals surface area (Å²) in [4.78, 5) is 12.3. The lowest BCUT2D eigenvalue weighted by atomic mass is 10.0. The maximum absolute atomic E-state index is 9.93. The first-order valence-corrected chi connectivity index (χ1v) is 9.06. The van der Waals surface area contributed by atoms with Crippen LogP contribution in [0.15, 0.2) is 42.6 Å². The molecule has 0 aliphatic carbocycles. The van der Waals surface area contributed by atoms with Crippen LogP contribution < -0.4 is 4.90 Å². The zero-order valence-electron chi connectivity index (χ0n) is 13.6. The Labute approximate surface area is 156 Å². The standard InChI is InChI=1S/C18H19Cl2N3O2/c19-15-6-14(7-21-18(15)20)22-8-13-11-25-23(16(13)9-22)17(10-24)12-4-2-1-3-5-12/h1-7,13,16-17,24H,8-11H2/t13-,16-,17+/m1/s1. The number of aromatic nitrogens is 1. The molecule has 2 saturated heterocycles. The van der Waals surface area contributed by atoms with Crippen molar-refractivity contribution in [2.75, 3.05) is 31.2 Å². The molecule has 1 aromatic heterocycles. The summed E-state index contributed by atoms with van der Waals surface area (Å²) in [5, 5.41) is 12.7. The Morgan fingerprint density at radius 1 is 1.24 bits per heavy atom. The van der Waals surface area contributed by atoms with E-state index in [1.54, 1.807) is 6.20 Å². The molecular formula is C18H19Cl2N3O2. The van der Waals surface area contributed by atoms with Gasteiger partial charge >= 0.3 is 0 Å². The van der Waals surface area contributed by atoms with Crippen molar-refractivity contribution in [2.24, 2.45) is 5.92 Å². The molecule has 2 aromatic rings. The van der Waals surface area contributed by atoms with Crippen LogP contribution in [0.1, 0.15) is 11.6 Å². The summed E-state index contributed by atoms with van der Waals surface area (Å²) in [6.07, 6.45) is 1.75. The number of pyridine rings is 1. The van der Waals surface area contributed by atoms with Crippen LogP contribution in [-0.4, -0.2) is 47.5 Å². The predicted molar refractivity (Wildman–Crippen MR) is 97.8 cm³/mol. The molecular weight excluding hydrogens is 361 g/mol. The van der Waals surface area contributed by atoms with Gasteiger partial charge in [-0.2, -0.15) is 5.06 Å². The van der Waals surface area contributed by atoms with E-state index in [-0.39, 0.29) is 18.7 Å². The third kappa shape index (κ3) is 3.23. The van der Waals surface area contributed by atoms with Gasteiger partial charge in [-0.05, 0) is 11.6 Å². The van der Waals surface area contributed by atoms with Crippen LogP contribution in [0.2, 0.25) is 10.2 Å². The van der Waals surface area contributed by atoms with E-state index in [4.69, 9.17) is 28.0 Å². The van der Waals surface area contributed by atoms with Gasteiger partial charge in [0.2, 0.25) is 0 Å². The average Bonchev–Trinajstić information content (AvgIpc) is 3.21. The summed E-state index contributed by atoms with van der Waals surface area (Å²) < 4.78 is 0. The van der Waals surface area contributed by atoms with Crippen LogP contribution in [0.4, 0.5) is 5.69 Å². The zero-order valence-corrected chi connectivity index (χ0v) is 15.1. The Morgan fingerprint density at radius 3 is 2.76 bits per heavy atom. The largest absolute Gasteiger partial charge is 0.394 e. The number of aliphatic hydroxyl groups excluding tert-OH is 1. The van der Waals surface area contributed by atoms with Crippen molar-refractivity contribution in [1.29, 1.82) is 0 Å². The van der Waals surface area contributed by atoms with Gasteiger partial charge in [0.15, 0.2) is 0 Å². The molecule has 2 fully saturated rings. The lowest BCUT2D eigenvalue weighted by molar-refractivity contribution is -0.171. The van der Waals surface area contributed by atoms with Gasteiger partial charge in [-0.25, -0.2) is 4.98 Å². The van der Waals surface area contributed by atoms with Gasteiger partial charge in [0.1, 0.15) is 5.15 Å². The van der Waals surface area contributed by atoms with Gasteiger partial charge in [0, 0.05) is 19.0 Å². The van der Waals surface area contributed by atoms with E-state index in [2.05, 4.69) is 9.88 Å². The molecule has 0 bridgehead atoms. The fourth-order valence-electron chi connectivity index (χ4n) is 3.71. The fourth-order valence-corrected chi connectivity index (χ4v) is 3.97. The van der Waals surface area contributed by atoms with E-state index in [0.29, 0.717) is 22.7 Å². The van der Waals surface area contributed by atoms with Crippen LogP contribution in [0.25, 0.3) is 0 Å². The number of rotatable bonds is 4. The third-order valence-electron chi connectivity index (χ3n) is 4.98. The van der Waals surface area contributed by atoms with Gasteiger partial charge in [-0.15, -0.1) is 0 Å². The highest BCUT2D eigenvalue weighted by Crippen LogP contribution is 2.37. The van der Waals surface area contributed by atoms with Crippen molar-refractivity contribution in [3.05, 3.63) is 58.3 Å². The van der Waals surface area contributed by atoms with Crippen LogP contribution >= 0.6 is 23.2 Å². The average molecular weight is 380 g/mol. The van der Waals surface area contributed by atoms with Gasteiger partial charge in [0.25, 0.3) is 0 Å². The van der Waals surface area contributed by atoms with Gasteiger partial charge in [-0.3, -0.25) is 4.84 Å². The molecule has 0 saturated carbocycles. The van der Waals surface area contributed by atoms with E-state index in [1.807, 2.05) is 41.5 Å². The molecule has 0 amide bonds. The first-order chi connectivity index (χ1) is 12.2. The minimum atomic E-state index is -0.164. The molecule has 25 heavy (non-hydrogen) atoms. The molecule has 0 spiro atoms. The van der Waals surface area contributed by atoms with E-state index in [1.165, 1.54) is 0 Å². The first-order valence-electron chi connectivity index (χ1n) is 8.30. The second kappa shape index (κ2) is 7.09. The van der Waals surface area contributed by atoms with E-state index < -0.39 is 0 Å². The molecule has 0 unspecified atom stereocenters. The molecule has 3 heterocycles. The molecule has 2 aliphatic heterocycles. The lowest BCUT2D eigenvalue weighted by Crippen LogP contribution is -2.38. The third-order valence-corrected chi connectivity index (χ3v) is 5.67. The number of hydroxylamine groups is 2. The zero-order chi connectivity index (χ0) is 17.4. The molecule has 0 radical (unpaired) electrons. The second-order valence-corrected chi connectivity index (χ2v) is 7.23. The molecule has 7 heteroatoms. The summed E-state index contributed by atoms with van der Waals surface area (Å²) in [5.41, 5.74) is 2.02. The number of fused-ring (bicyclic) bond motifs is 1. The van der Waals surface area contributed by atoms with Crippen molar-refractivity contribution in [2.45, 2.75) is 12.1 Å². The first kappa shape index (κ1) is 17.1. The Morgan fingerprint density at radius 2 is 2.04 bits per heavy atom. The number of aliphatic hydroxyl groups is 1. The Bertz CT molecular complexity index is 746. The minimum absolute atomic E-state index is 0.0154. The topological polar surface area (TPSA) is 48.8 Å². The summed E-state index contributed by atoms with van der Waals surface area (Å²) in [5.74, 6) is 0.382. The smallest absolute Gasteiger partial charge is 0.147 e. The summed E-state index contributed by atoms with van der Waals surface area (Å²) >= 11 is 12.0. The normalized spacial score (nSPS) is 24.5. The predicted octanol–water partition coefficient (Wildman–Crippen LogP) is 3.17. The molecule has 3 atom stereocenters. The van der Waals surface area contributed by atoms with Crippen LogP contribution in [0.5, 0.6) is 0 Å². The van der Waals surface area contributed by atoms with Gasteiger partial charge in [-0.1, -0.05) is 53.5 Å². The minimum Gasteiger partial charge on any atom is -0.394 e. The van der Waals surface area contributed by atoms with Crippen molar-refractivity contribution < 1.29 is 9.94 Å². The maximum Gasteiger partial charge on any atom is 0.147 e. The number of benzene rings is 1. The summed E-state index contributed by atoms with van der Waals surface area (Å²) in [6, 6.07) is 11.9. The van der Waals surface area contributed by atoms with Crippen molar-refractivity contribution >= 4 is 28.9 Å². The molecule has 1 N–H and O–H groups in total. The van der Waals surface area contributed by atoms with Crippen molar-refractivity contribution in [1.82, 2.24) is 10.0 Å². The molecule has 1 aromatic carbocycles. The number of hydrogen-bond donors (Lipinski definition) is 1. The lowest BCUT2D eigenvalue weighted by Gasteiger charge is -2.30. The highest BCUT2D eigenvalue weighted by atomic mass is 35.5. The maximum atomic E-state index is 9.93. The van der Waals surface area contributed by atoms with E-state index in [0.717, 1.165) is 24.3 Å². The number of anilines is 1. The monoisotopic (exact) mass is 379 g/mol. The Hall–Kier alpha value is -1.37. The second-order valence-electron chi connectivity index (χ2n) is 6.46. The van der Waals surface area contributed by atoms with E-state index >= 15 is 0 Å². The van der Waals surface area contributed by atoms with Crippen molar-refractivity contribution in [3.8, 4) is 0 Å². The summed E-state index contributed by atoms with van der Waals surface area (Å²) in [6.45, 7) is 2.34. The van der Waals surface area contributed by atoms with Gasteiger partial charge in [0.05, 0.1) is 42.2 Å². The quantitative estimate of drug-likeness (QED) is 0.826. The SMILES string of the molecule is OC[C@@H](c1ccccc1)N1OC[C@H]2CN(c3cnc(Cl)c(Cl)c3)C[C@H]21. The highest BCUT2D eigenvalue weighted by Gasteiger charge is 2.45. The molecule has 2 aliphatic rings. The molecule has 132 valence electrons. The Balaban J connectivity index is 1.54. The number of nitrogens with zero attached hydrogens (tertiary/aromatic N) is 3.